The number of amides is 3. The maximum absolute atomic E-state index is 13.1. The molecule has 3 rings (SSSR count). The first-order valence-electron chi connectivity index (χ1n) is 14.1. The fourth-order valence-electron chi connectivity index (χ4n) is 5.05. The standard InChI is InChI=1S/C31H42F3N3O4/c1-8-25(13-15-31(32,33)34)35-28(38)36(9-2)20(3)21-11-10-12-22(17-21)24-18-23-14-16-37(27(23)26(19-24)40-7)29(39)41-30(4,5)6/h10-12,17-20,25H,8-9,13-16H2,1-7H3,(H,35,38)/t20-,25-/m1/s1. The summed E-state index contributed by atoms with van der Waals surface area (Å²) < 4.78 is 49.5. The number of nitrogens with one attached hydrogen (secondary N) is 1. The molecule has 1 N–H and O–H groups in total. The number of benzene rings is 2. The second-order valence-corrected chi connectivity index (χ2v) is 11.4. The fraction of sp³-hybridized carbons (Fsp3) is 0.548. The summed E-state index contributed by atoms with van der Waals surface area (Å²) in [6.45, 7) is 11.9. The third kappa shape index (κ3) is 8.30. The third-order valence-electron chi connectivity index (χ3n) is 7.23. The molecule has 0 aliphatic carbocycles. The van der Waals surface area contributed by atoms with Gasteiger partial charge in [0, 0.05) is 25.6 Å². The molecule has 2 aromatic carbocycles. The molecule has 2 atom stereocenters. The zero-order valence-electron chi connectivity index (χ0n) is 25.0. The van der Waals surface area contributed by atoms with Gasteiger partial charge in [-0.25, -0.2) is 9.59 Å². The molecular formula is C31H42F3N3O4. The lowest BCUT2D eigenvalue weighted by Crippen LogP contribution is -2.45. The van der Waals surface area contributed by atoms with Gasteiger partial charge in [-0.1, -0.05) is 25.1 Å². The molecule has 7 nitrogen and oxygen atoms in total. The van der Waals surface area contributed by atoms with Crippen molar-refractivity contribution < 1.29 is 32.2 Å². The number of carbonyl (C=O) groups excluding carboxylic acids is 2. The number of nitrogens with zero attached hydrogens (tertiary/aromatic N) is 2. The summed E-state index contributed by atoms with van der Waals surface area (Å²) in [7, 11) is 1.57. The molecule has 2 aromatic rings. The topological polar surface area (TPSA) is 71.1 Å². The van der Waals surface area contributed by atoms with Gasteiger partial charge < -0.3 is 19.7 Å². The van der Waals surface area contributed by atoms with Crippen molar-refractivity contribution in [3.05, 3.63) is 47.5 Å². The largest absolute Gasteiger partial charge is 0.495 e. The Hall–Kier alpha value is -3.43. The van der Waals surface area contributed by atoms with E-state index in [1.807, 2.05) is 71.0 Å². The van der Waals surface area contributed by atoms with Crippen LogP contribution in [-0.2, 0) is 11.2 Å². The summed E-state index contributed by atoms with van der Waals surface area (Å²) in [4.78, 5) is 29.2. The van der Waals surface area contributed by atoms with E-state index < -0.39 is 30.3 Å². The van der Waals surface area contributed by atoms with Crippen LogP contribution in [0.1, 0.15) is 78.0 Å². The molecule has 0 spiro atoms. The maximum atomic E-state index is 13.1. The number of anilines is 1. The Kier molecular flexibility index (Phi) is 10.2. The number of fused-ring (bicyclic) bond motifs is 1. The normalized spacial score (nSPS) is 14.7. The van der Waals surface area contributed by atoms with Crippen LogP contribution in [0.25, 0.3) is 11.1 Å². The molecule has 0 unspecified atom stereocenters. The van der Waals surface area contributed by atoms with Crippen molar-refractivity contribution in [1.82, 2.24) is 10.2 Å². The minimum absolute atomic E-state index is 0.154. The van der Waals surface area contributed by atoms with Gasteiger partial charge in [-0.3, -0.25) is 4.90 Å². The van der Waals surface area contributed by atoms with E-state index in [-0.39, 0.29) is 18.5 Å². The lowest BCUT2D eigenvalue weighted by Gasteiger charge is -2.31. The van der Waals surface area contributed by atoms with E-state index in [1.54, 1.807) is 23.8 Å². The summed E-state index contributed by atoms with van der Waals surface area (Å²) in [5.74, 6) is 0.568. The smallest absolute Gasteiger partial charge is 0.414 e. The number of ether oxygens (including phenoxy) is 2. The van der Waals surface area contributed by atoms with Crippen molar-refractivity contribution in [2.24, 2.45) is 0 Å². The highest BCUT2D eigenvalue weighted by atomic mass is 19.4. The van der Waals surface area contributed by atoms with Gasteiger partial charge >= 0.3 is 18.3 Å². The van der Waals surface area contributed by atoms with Crippen LogP contribution in [0.4, 0.5) is 28.4 Å². The molecule has 1 heterocycles. The number of alkyl halides is 3. The van der Waals surface area contributed by atoms with Crippen LogP contribution < -0.4 is 15.0 Å². The van der Waals surface area contributed by atoms with Crippen molar-refractivity contribution in [2.75, 3.05) is 25.1 Å². The Morgan fingerprint density at radius 3 is 2.39 bits per heavy atom. The molecule has 0 saturated heterocycles. The van der Waals surface area contributed by atoms with E-state index in [2.05, 4.69) is 5.32 Å². The van der Waals surface area contributed by atoms with Crippen molar-refractivity contribution in [3.63, 3.8) is 0 Å². The van der Waals surface area contributed by atoms with E-state index in [0.29, 0.717) is 37.4 Å². The molecule has 0 fully saturated rings. The van der Waals surface area contributed by atoms with Crippen LogP contribution in [0.5, 0.6) is 5.75 Å². The molecule has 226 valence electrons. The summed E-state index contributed by atoms with van der Waals surface area (Å²) >= 11 is 0. The first-order chi connectivity index (χ1) is 19.2. The molecule has 41 heavy (non-hydrogen) atoms. The predicted octanol–water partition coefficient (Wildman–Crippen LogP) is 7.87. The first kappa shape index (κ1) is 32.1. The van der Waals surface area contributed by atoms with Crippen LogP contribution in [0.2, 0.25) is 0 Å². The van der Waals surface area contributed by atoms with Crippen molar-refractivity contribution in [2.45, 2.75) is 91.1 Å². The number of carbonyl (C=O) groups is 2. The highest BCUT2D eigenvalue weighted by Crippen LogP contribution is 2.42. The van der Waals surface area contributed by atoms with Crippen molar-refractivity contribution >= 4 is 17.8 Å². The third-order valence-corrected chi connectivity index (χ3v) is 7.23. The van der Waals surface area contributed by atoms with Gasteiger partial charge in [0.2, 0.25) is 0 Å². The summed E-state index contributed by atoms with van der Waals surface area (Å²) in [6, 6.07) is 10.5. The number of methoxy groups -OCH3 is 1. The van der Waals surface area contributed by atoms with E-state index in [0.717, 1.165) is 22.3 Å². The Balaban J connectivity index is 1.83. The summed E-state index contributed by atoms with van der Waals surface area (Å²) in [5.41, 5.74) is 3.78. The van der Waals surface area contributed by atoms with E-state index >= 15 is 0 Å². The number of urea groups is 1. The second kappa shape index (κ2) is 13.0. The molecule has 0 radical (unpaired) electrons. The first-order valence-corrected chi connectivity index (χ1v) is 14.1. The number of halogens is 3. The Morgan fingerprint density at radius 2 is 1.80 bits per heavy atom. The zero-order chi connectivity index (χ0) is 30.5. The SMILES string of the molecule is CC[C@H](CCC(F)(F)F)NC(=O)N(CC)[C@H](C)c1cccc(-c2cc3c(c(OC)c2)N(C(=O)OC(C)(C)C)CC3)c1. The van der Waals surface area contributed by atoms with Crippen molar-refractivity contribution in [1.29, 1.82) is 0 Å². The molecule has 10 heteroatoms. The van der Waals surface area contributed by atoms with Gasteiger partial charge in [-0.05, 0) is 94.3 Å². The zero-order valence-corrected chi connectivity index (χ0v) is 25.0. The van der Waals surface area contributed by atoms with Gasteiger partial charge in [0.15, 0.2) is 0 Å². The number of hydrogen-bond acceptors (Lipinski definition) is 4. The average Bonchev–Trinajstić information content (AvgIpc) is 3.34. The van der Waals surface area contributed by atoms with Crippen LogP contribution in [0, 0.1) is 0 Å². The van der Waals surface area contributed by atoms with E-state index in [4.69, 9.17) is 9.47 Å². The molecule has 3 amide bonds. The highest BCUT2D eigenvalue weighted by molar-refractivity contribution is 5.94. The lowest BCUT2D eigenvalue weighted by molar-refractivity contribution is -0.136. The maximum Gasteiger partial charge on any atom is 0.414 e. The Labute approximate surface area is 241 Å². The number of rotatable bonds is 9. The molecule has 1 aliphatic rings. The molecular weight excluding hydrogens is 535 g/mol. The van der Waals surface area contributed by atoms with Gasteiger partial charge in [0.25, 0.3) is 0 Å². The molecule has 0 saturated carbocycles. The number of hydrogen-bond donors (Lipinski definition) is 1. The van der Waals surface area contributed by atoms with Crippen LogP contribution in [0.15, 0.2) is 36.4 Å². The highest BCUT2D eigenvalue weighted by Gasteiger charge is 2.33. The predicted molar refractivity (Wildman–Crippen MR) is 154 cm³/mol. The van der Waals surface area contributed by atoms with Gasteiger partial charge in [-0.2, -0.15) is 13.2 Å². The monoisotopic (exact) mass is 577 g/mol. The van der Waals surface area contributed by atoms with Crippen molar-refractivity contribution in [3.8, 4) is 16.9 Å². The summed E-state index contributed by atoms with van der Waals surface area (Å²) in [5, 5.41) is 2.79. The Bertz CT molecular complexity index is 1230. The minimum atomic E-state index is -4.26. The fourth-order valence-corrected chi connectivity index (χ4v) is 5.05. The van der Waals surface area contributed by atoms with Crippen LogP contribution in [0.3, 0.4) is 0 Å². The van der Waals surface area contributed by atoms with E-state index in [9.17, 15) is 22.8 Å². The molecule has 0 aromatic heterocycles. The average molecular weight is 578 g/mol. The summed E-state index contributed by atoms with van der Waals surface area (Å²) in [6.07, 6.45) is -4.70. The van der Waals surface area contributed by atoms with Gasteiger partial charge in [0.1, 0.15) is 11.4 Å². The van der Waals surface area contributed by atoms with E-state index in [1.165, 1.54) is 0 Å². The van der Waals surface area contributed by atoms with Gasteiger partial charge in [-0.15, -0.1) is 0 Å². The minimum Gasteiger partial charge on any atom is -0.495 e. The quantitative estimate of drug-likeness (QED) is 0.329. The van der Waals surface area contributed by atoms with Gasteiger partial charge in [0.05, 0.1) is 18.8 Å². The lowest BCUT2D eigenvalue weighted by atomic mass is 9.97. The molecule has 0 bridgehead atoms. The second-order valence-electron chi connectivity index (χ2n) is 11.4. The molecule has 1 aliphatic heterocycles. The van der Waals surface area contributed by atoms with Crippen LogP contribution >= 0.6 is 0 Å². The Morgan fingerprint density at radius 1 is 1.10 bits per heavy atom. The van der Waals surface area contributed by atoms with Crippen LogP contribution in [-0.4, -0.2) is 55.0 Å².